The van der Waals surface area contributed by atoms with E-state index in [1.165, 1.54) is 12.1 Å². The van der Waals surface area contributed by atoms with Crippen molar-refractivity contribution in [2.24, 2.45) is 0 Å². The third-order valence-electron chi connectivity index (χ3n) is 2.36. The SMILES string of the molecule is CC[C@H](C)c1ccc(S(=O)(=O)O)cc1. The second-order valence-electron chi connectivity index (χ2n) is 3.35. The molecule has 3 nitrogen and oxygen atoms in total. The first-order valence-corrected chi connectivity index (χ1v) is 5.96. The molecular weight excluding hydrogens is 200 g/mol. The summed E-state index contributed by atoms with van der Waals surface area (Å²) in [5, 5.41) is 0. The topological polar surface area (TPSA) is 54.4 Å². The van der Waals surface area contributed by atoms with Gasteiger partial charge < -0.3 is 0 Å². The van der Waals surface area contributed by atoms with Crippen molar-refractivity contribution in [3.63, 3.8) is 0 Å². The Kier molecular flexibility index (Phi) is 3.29. The molecule has 0 aliphatic heterocycles. The molecule has 0 saturated heterocycles. The van der Waals surface area contributed by atoms with E-state index in [4.69, 9.17) is 4.55 Å². The van der Waals surface area contributed by atoms with Gasteiger partial charge in [0.15, 0.2) is 0 Å². The van der Waals surface area contributed by atoms with Crippen LogP contribution in [-0.4, -0.2) is 13.0 Å². The van der Waals surface area contributed by atoms with Crippen LogP contribution in [0.5, 0.6) is 0 Å². The summed E-state index contributed by atoms with van der Waals surface area (Å²) in [4.78, 5) is -0.0513. The van der Waals surface area contributed by atoms with Gasteiger partial charge in [0, 0.05) is 0 Å². The van der Waals surface area contributed by atoms with Crippen LogP contribution in [0.1, 0.15) is 31.7 Å². The first-order chi connectivity index (χ1) is 6.45. The average Bonchev–Trinajstić information content (AvgIpc) is 2.15. The predicted octanol–water partition coefficient (Wildman–Crippen LogP) is 2.45. The van der Waals surface area contributed by atoms with E-state index in [9.17, 15) is 8.42 Å². The summed E-state index contributed by atoms with van der Waals surface area (Å²) in [6.07, 6.45) is 1.01. The van der Waals surface area contributed by atoms with Gasteiger partial charge in [-0.05, 0) is 30.0 Å². The molecular formula is C10H14O3S. The van der Waals surface area contributed by atoms with Crippen LogP contribution in [0.2, 0.25) is 0 Å². The molecule has 78 valence electrons. The summed E-state index contributed by atoms with van der Waals surface area (Å²) in [5.41, 5.74) is 1.08. The molecule has 0 unspecified atom stereocenters. The molecule has 0 fully saturated rings. The van der Waals surface area contributed by atoms with E-state index in [1.54, 1.807) is 12.1 Å². The molecule has 0 amide bonds. The molecule has 0 aromatic heterocycles. The van der Waals surface area contributed by atoms with Gasteiger partial charge in [0.1, 0.15) is 0 Å². The Balaban J connectivity index is 3.01. The van der Waals surface area contributed by atoms with Gasteiger partial charge in [0.05, 0.1) is 4.90 Å². The highest BCUT2D eigenvalue weighted by molar-refractivity contribution is 7.85. The van der Waals surface area contributed by atoms with Crippen molar-refractivity contribution >= 4 is 10.1 Å². The van der Waals surface area contributed by atoms with Crippen molar-refractivity contribution in [3.05, 3.63) is 29.8 Å². The highest BCUT2D eigenvalue weighted by Gasteiger charge is 2.09. The van der Waals surface area contributed by atoms with E-state index in [1.807, 2.05) is 0 Å². The van der Waals surface area contributed by atoms with Crippen molar-refractivity contribution in [2.45, 2.75) is 31.1 Å². The van der Waals surface area contributed by atoms with Gasteiger partial charge in [-0.3, -0.25) is 4.55 Å². The minimum atomic E-state index is -4.05. The van der Waals surface area contributed by atoms with Crippen LogP contribution in [0.3, 0.4) is 0 Å². The van der Waals surface area contributed by atoms with Crippen LogP contribution in [0.15, 0.2) is 29.2 Å². The number of benzene rings is 1. The van der Waals surface area contributed by atoms with Crippen molar-refractivity contribution in [1.82, 2.24) is 0 Å². The summed E-state index contributed by atoms with van der Waals surface area (Å²) >= 11 is 0. The first-order valence-electron chi connectivity index (χ1n) is 4.52. The average molecular weight is 214 g/mol. The zero-order chi connectivity index (χ0) is 10.8. The highest BCUT2D eigenvalue weighted by atomic mass is 32.2. The fourth-order valence-electron chi connectivity index (χ4n) is 1.20. The van der Waals surface area contributed by atoms with Gasteiger partial charge >= 0.3 is 0 Å². The minimum Gasteiger partial charge on any atom is -0.282 e. The molecule has 1 aromatic carbocycles. The number of hydrogen-bond acceptors (Lipinski definition) is 2. The van der Waals surface area contributed by atoms with Gasteiger partial charge in [-0.25, -0.2) is 0 Å². The predicted molar refractivity (Wildman–Crippen MR) is 55.0 cm³/mol. The maximum absolute atomic E-state index is 10.7. The molecule has 0 saturated carbocycles. The Labute approximate surface area is 84.5 Å². The van der Waals surface area contributed by atoms with Gasteiger partial charge in [-0.2, -0.15) is 8.42 Å². The minimum absolute atomic E-state index is 0.0513. The van der Waals surface area contributed by atoms with Crippen LogP contribution in [0, 0.1) is 0 Å². The smallest absolute Gasteiger partial charge is 0.282 e. The summed E-state index contributed by atoms with van der Waals surface area (Å²) in [7, 11) is -4.05. The first kappa shape index (κ1) is 11.2. The maximum atomic E-state index is 10.7. The summed E-state index contributed by atoms with van der Waals surface area (Å²) in [6.45, 7) is 4.14. The highest BCUT2D eigenvalue weighted by Crippen LogP contribution is 2.20. The monoisotopic (exact) mass is 214 g/mol. The van der Waals surface area contributed by atoms with Crippen LogP contribution >= 0.6 is 0 Å². The fraction of sp³-hybridized carbons (Fsp3) is 0.400. The standard InChI is InChI=1S/C10H14O3S/c1-3-8(2)9-4-6-10(7-5-9)14(11,12)13/h4-8H,3H2,1-2H3,(H,11,12,13)/t8-/m0/s1. The van der Waals surface area contributed by atoms with Crippen LogP contribution in [0.4, 0.5) is 0 Å². The van der Waals surface area contributed by atoms with E-state index in [0.717, 1.165) is 12.0 Å². The quantitative estimate of drug-likeness (QED) is 0.786. The molecule has 0 bridgehead atoms. The van der Waals surface area contributed by atoms with Gasteiger partial charge in [0.2, 0.25) is 0 Å². The Morgan fingerprint density at radius 3 is 2.14 bits per heavy atom. The largest absolute Gasteiger partial charge is 0.294 e. The number of hydrogen-bond donors (Lipinski definition) is 1. The Hall–Kier alpha value is -0.870. The molecule has 1 aromatic rings. The molecule has 1 N–H and O–H groups in total. The zero-order valence-electron chi connectivity index (χ0n) is 8.27. The number of rotatable bonds is 3. The fourth-order valence-corrected chi connectivity index (χ4v) is 1.68. The Bertz CT molecular complexity index is 392. The molecule has 0 aliphatic carbocycles. The second-order valence-corrected chi connectivity index (χ2v) is 4.77. The molecule has 0 aliphatic rings. The Morgan fingerprint density at radius 1 is 1.29 bits per heavy atom. The van der Waals surface area contributed by atoms with Crippen molar-refractivity contribution in [3.8, 4) is 0 Å². The third kappa shape index (κ3) is 2.56. The van der Waals surface area contributed by atoms with E-state index in [2.05, 4.69) is 13.8 Å². The van der Waals surface area contributed by atoms with Gasteiger partial charge in [0.25, 0.3) is 10.1 Å². The van der Waals surface area contributed by atoms with Crippen molar-refractivity contribution in [1.29, 1.82) is 0 Å². The van der Waals surface area contributed by atoms with E-state index < -0.39 is 10.1 Å². The normalized spacial score (nSPS) is 13.9. The Morgan fingerprint density at radius 2 is 1.79 bits per heavy atom. The molecule has 0 spiro atoms. The van der Waals surface area contributed by atoms with Crippen LogP contribution < -0.4 is 0 Å². The molecule has 0 radical (unpaired) electrons. The summed E-state index contributed by atoms with van der Waals surface area (Å²) in [5.74, 6) is 0.408. The lowest BCUT2D eigenvalue weighted by Gasteiger charge is -2.08. The molecule has 14 heavy (non-hydrogen) atoms. The van der Waals surface area contributed by atoms with Gasteiger partial charge in [-0.1, -0.05) is 26.0 Å². The summed E-state index contributed by atoms with van der Waals surface area (Å²) in [6, 6.07) is 6.32. The molecule has 1 atom stereocenters. The third-order valence-corrected chi connectivity index (χ3v) is 3.23. The molecule has 0 heterocycles. The second kappa shape index (κ2) is 4.11. The maximum Gasteiger partial charge on any atom is 0.294 e. The molecule has 4 heteroatoms. The lowest BCUT2D eigenvalue weighted by atomic mass is 9.99. The van der Waals surface area contributed by atoms with Crippen molar-refractivity contribution < 1.29 is 13.0 Å². The van der Waals surface area contributed by atoms with E-state index >= 15 is 0 Å². The molecule has 1 rings (SSSR count). The van der Waals surface area contributed by atoms with Crippen LogP contribution in [0.25, 0.3) is 0 Å². The van der Waals surface area contributed by atoms with E-state index in [-0.39, 0.29) is 4.90 Å². The van der Waals surface area contributed by atoms with E-state index in [0.29, 0.717) is 5.92 Å². The lowest BCUT2D eigenvalue weighted by molar-refractivity contribution is 0.483. The zero-order valence-corrected chi connectivity index (χ0v) is 9.08. The van der Waals surface area contributed by atoms with Gasteiger partial charge in [-0.15, -0.1) is 0 Å². The lowest BCUT2D eigenvalue weighted by Crippen LogP contribution is -1.98. The van der Waals surface area contributed by atoms with Crippen molar-refractivity contribution in [2.75, 3.05) is 0 Å². The summed E-state index contributed by atoms with van der Waals surface area (Å²) < 4.78 is 30.2. The van der Waals surface area contributed by atoms with Crippen LogP contribution in [-0.2, 0) is 10.1 Å².